The van der Waals surface area contributed by atoms with Gasteiger partial charge in [-0.3, -0.25) is 14.4 Å². The van der Waals surface area contributed by atoms with Crippen molar-refractivity contribution in [1.29, 1.82) is 0 Å². The number of aliphatic carboxylic acids is 1. The number of urea groups is 1. The first-order chi connectivity index (χ1) is 18.0. The number of rotatable bonds is 10. The second-order valence-corrected chi connectivity index (χ2v) is 8.51. The highest BCUT2D eigenvalue weighted by molar-refractivity contribution is 6.08. The molecule has 0 aromatic heterocycles. The lowest BCUT2D eigenvalue weighted by atomic mass is 9.91. The highest BCUT2D eigenvalue weighted by Crippen LogP contribution is 2.42. The summed E-state index contributed by atoms with van der Waals surface area (Å²) in [4.78, 5) is 51.8. The molecule has 1 heterocycles. The van der Waals surface area contributed by atoms with E-state index >= 15 is 0 Å². The van der Waals surface area contributed by atoms with Crippen LogP contribution in [0.25, 0.3) is 0 Å². The highest BCUT2D eigenvalue weighted by Gasteiger charge is 2.53. The van der Waals surface area contributed by atoms with Crippen LogP contribution in [-0.2, 0) is 19.9 Å². The average molecular weight is 528 g/mol. The Labute approximate surface area is 218 Å². The summed E-state index contributed by atoms with van der Waals surface area (Å²) in [6, 6.07) is 7.27. The van der Waals surface area contributed by atoms with Gasteiger partial charge in [-0.25, -0.2) is 9.80 Å². The predicted molar refractivity (Wildman–Crippen MR) is 135 cm³/mol. The molecule has 2 aromatic carbocycles. The van der Waals surface area contributed by atoms with Crippen molar-refractivity contribution in [2.45, 2.75) is 31.8 Å². The van der Waals surface area contributed by atoms with E-state index in [-0.39, 0.29) is 22.8 Å². The van der Waals surface area contributed by atoms with Gasteiger partial charge in [0.15, 0.2) is 11.5 Å². The van der Waals surface area contributed by atoms with Gasteiger partial charge in [0.05, 0.1) is 40.0 Å². The Morgan fingerprint density at radius 3 is 2.16 bits per heavy atom. The first kappa shape index (κ1) is 27.8. The first-order valence-electron chi connectivity index (χ1n) is 11.3. The number of carboxylic acid groups (broad SMARTS) is 1. The zero-order valence-electron chi connectivity index (χ0n) is 21.5. The third-order valence-electron chi connectivity index (χ3n) is 6.15. The topological polar surface area (TPSA) is 173 Å². The number of carboxylic acids is 1. The van der Waals surface area contributed by atoms with E-state index in [1.54, 1.807) is 24.3 Å². The zero-order chi connectivity index (χ0) is 28.2. The normalized spacial score (nSPS) is 17.8. The molecule has 0 radical (unpaired) electrons. The summed E-state index contributed by atoms with van der Waals surface area (Å²) in [7, 11) is 4.16. The highest BCUT2D eigenvalue weighted by atomic mass is 16.5. The van der Waals surface area contributed by atoms with E-state index in [2.05, 4.69) is 10.4 Å². The van der Waals surface area contributed by atoms with Crippen LogP contribution in [0.1, 0.15) is 43.0 Å². The number of hydrazone groups is 1. The van der Waals surface area contributed by atoms with Gasteiger partial charge in [0.2, 0.25) is 11.7 Å². The summed E-state index contributed by atoms with van der Waals surface area (Å²) in [5.74, 6) is 3.02. The molecule has 4 N–H and O–H groups in total. The molecule has 13 nitrogen and oxygen atoms in total. The molecule has 0 spiro atoms. The SMILES string of the molecule is COc1cc([C@@H](CC(=O)O)N(C(C)=O)N2C(=O)N[C@](C)(c3ccc(C=NN)cc3)C2=O)cc(OC)c1OC. The number of carbonyl (C=O) groups is 4. The standard InChI is InChI=1S/C25H29N5O8/c1-14(31)29(18(12-21(32)33)16-10-19(36-3)22(38-5)20(11-16)37-4)30-23(34)25(2,28-24(30)35)17-8-6-15(7-9-17)13-27-26/h6-11,13,18H,12,26H2,1-5H3,(H,28,35)(H,32,33)/t18-,25-/m1/s1. The van der Waals surface area contributed by atoms with Gasteiger partial charge < -0.3 is 30.5 Å². The van der Waals surface area contributed by atoms with Gasteiger partial charge in [-0.1, -0.05) is 24.3 Å². The number of amides is 4. The number of hydrogen-bond donors (Lipinski definition) is 3. The van der Waals surface area contributed by atoms with Crippen molar-refractivity contribution in [2.75, 3.05) is 21.3 Å². The second kappa shape index (κ2) is 11.1. The van der Waals surface area contributed by atoms with Crippen molar-refractivity contribution in [3.63, 3.8) is 0 Å². The molecule has 0 bridgehead atoms. The van der Waals surface area contributed by atoms with E-state index in [4.69, 9.17) is 20.1 Å². The maximum Gasteiger partial charge on any atom is 0.344 e. The Bertz CT molecular complexity index is 1250. The van der Waals surface area contributed by atoms with Crippen molar-refractivity contribution < 1.29 is 38.5 Å². The number of nitrogens with zero attached hydrogens (tertiary/aromatic N) is 3. The minimum absolute atomic E-state index is 0.198. The van der Waals surface area contributed by atoms with E-state index in [1.165, 1.54) is 46.6 Å². The molecule has 38 heavy (non-hydrogen) atoms. The van der Waals surface area contributed by atoms with Gasteiger partial charge >= 0.3 is 12.0 Å². The van der Waals surface area contributed by atoms with E-state index in [1.807, 2.05) is 0 Å². The van der Waals surface area contributed by atoms with Gasteiger partial charge in [-0.15, -0.1) is 0 Å². The molecule has 1 aliphatic heterocycles. The molecule has 0 saturated carbocycles. The Morgan fingerprint density at radius 2 is 1.71 bits per heavy atom. The number of hydrogen-bond acceptors (Lipinski definition) is 9. The molecule has 2 aromatic rings. The smallest absolute Gasteiger partial charge is 0.344 e. The van der Waals surface area contributed by atoms with Crippen LogP contribution in [-0.4, -0.2) is 66.5 Å². The zero-order valence-corrected chi connectivity index (χ0v) is 21.5. The van der Waals surface area contributed by atoms with Crippen molar-refractivity contribution >= 4 is 30.0 Å². The molecule has 202 valence electrons. The van der Waals surface area contributed by atoms with Crippen LogP contribution in [0.4, 0.5) is 4.79 Å². The summed E-state index contributed by atoms with van der Waals surface area (Å²) >= 11 is 0. The van der Waals surface area contributed by atoms with Crippen LogP contribution in [0.3, 0.4) is 0 Å². The monoisotopic (exact) mass is 527 g/mol. The predicted octanol–water partition coefficient (Wildman–Crippen LogP) is 1.75. The van der Waals surface area contributed by atoms with Gasteiger partial charge in [-0.05, 0) is 35.7 Å². The van der Waals surface area contributed by atoms with Crippen molar-refractivity contribution in [1.82, 2.24) is 15.3 Å². The molecule has 0 aliphatic carbocycles. The third kappa shape index (κ3) is 5.03. The lowest BCUT2D eigenvalue weighted by molar-refractivity contribution is -0.162. The van der Waals surface area contributed by atoms with Crippen LogP contribution >= 0.6 is 0 Å². The molecule has 1 fully saturated rings. The summed E-state index contributed by atoms with van der Waals surface area (Å²) < 4.78 is 16.1. The molecule has 2 atom stereocenters. The molecular formula is C25H29N5O8. The quantitative estimate of drug-likeness (QED) is 0.180. The number of nitrogens with one attached hydrogen (secondary N) is 1. The molecule has 0 unspecified atom stereocenters. The molecule has 3 rings (SSSR count). The lowest BCUT2D eigenvalue weighted by Gasteiger charge is -2.36. The Hall–Kier alpha value is -4.81. The molecule has 4 amide bonds. The fourth-order valence-electron chi connectivity index (χ4n) is 4.31. The summed E-state index contributed by atoms with van der Waals surface area (Å²) in [5.41, 5.74) is -0.218. The number of methoxy groups -OCH3 is 3. The maximum absolute atomic E-state index is 13.7. The van der Waals surface area contributed by atoms with Crippen LogP contribution in [0, 0.1) is 0 Å². The number of nitrogens with two attached hydrogens (primary N) is 1. The molecule has 1 saturated heterocycles. The first-order valence-corrected chi connectivity index (χ1v) is 11.3. The fourth-order valence-corrected chi connectivity index (χ4v) is 4.31. The Morgan fingerprint density at radius 1 is 1.13 bits per heavy atom. The van der Waals surface area contributed by atoms with E-state index in [9.17, 15) is 24.3 Å². The summed E-state index contributed by atoms with van der Waals surface area (Å²) in [6.45, 7) is 2.62. The Balaban J connectivity index is 2.13. The minimum Gasteiger partial charge on any atom is -0.493 e. The number of ether oxygens (including phenoxy) is 3. The lowest BCUT2D eigenvalue weighted by Crippen LogP contribution is -2.52. The van der Waals surface area contributed by atoms with E-state index < -0.39 is 41.8 Å². The Kier molecular flexibility index (Phi) is 8.09. The number of benzene rings is 2. The summed E-state index contributed by atoms with van der Waals surface area (Å²) in [5, 5.41) is 17.2. The van der Waals surface area contributed by atoms with Crippen LogP contribution in [0.15, 0.2) is 41.5 Å². The molecular weight excluding hydrogens is 498 g/mol. The molecule has 13 heteroatoms. The van der Waals surface area contributed by atoms with Gasteiger partial charge in [0.25, 0.3) is 5.91 Å². The van der Waals surface area contributed by atoms with Gasteiger partial charge in [0, 0.05) is 6.92 Å². The van der Waals surface area contributed by atoms with E-state index in [0.29, 0.717) is 16.1 Å². The van der Waals surface area contributed by atoms with Crippen molar-refractivity contribution in [3.05, 3.63) is 53.1 Å². The minimum atomic E-state index is -1.55. The number of hydrazine groups is 1. The number of carbonyl (C=O) groups excluding carboxylic acids is 3. The van der Waals surface area contributed by atoms with Crippen LogP contribution in [0.2, 0.25) is 0 Å². The average Bonchev–Trinajstić information content (AvgIpc) is 3.11. The van der Waals surface area contributed by atoms with Crippen LogP contribution in [0.5, 0.6) is 17.2 Å². The van der Waals surface area contributed by atoms with Crippen molar-refractivity contribution in [3.8, 4) is 17.2 Å². The van der Waals surface area contributed by atoms with Gasteiger partial charge in [-0.2, -0.15) is 10.1 Å². The fraction of sp³-hybridized carbons (Fsp3) is 0.320. The largest absolute Gasteiger partial charge is 0.493 e. The van der Waals surface area contributed by atoms with Crippen molar-refractivity contribution in [2.24, 2.45) is 10.9 Å². The second-order valence-electron chi connectivity index (χ2n) is 8.51. The van der Waals surface area contributed by atoms with Crippen LogP contribution < -0.4 is 25.4 Å². The maximum atomic E-state index is 13.7. The third-order valence-corrected chi connectivity index (χ3v) is 6.15. The van der Waals surface area contributed by atoms with Gasteiger partial charge in [0.1, 0.15) is 5.54 Å². The number of imide groups is 1. The molecule has 1 aliphatic rings. The summed E-state index contributed by atoms with van der Waals surface area (Å²) in [6.07, 6.45) is 0.776. The van der Waals surface area contributed by atoms with E-state index in [0.717, 1.165) is 11.9 Å².